The number of esters is 1. The monoisotopic (exact) mass is 684 g/mol. The molecule has 0 N–H and O–H groups in total. The van der Waals surface area contributed by atoms with Gasteiger partial charge in [0.05, 0.1) is 12.5 Å². The lowest BCUT2D eigenvalue weighted by Crippen LogP contribution is -2.68. The van der Waals surface area contributed by atoms with Crippen LogP contribution in [0.1, 0.15) is 79.2 Å². The quantitative estimate of drug-likeness (QED) is 0.0876. The van der Waals surface area contributed by atoms with Crippen LogP contribution in [0.5, 0.6) is 5.75 Å². The Balaban J connectivity index is 1.46. The number of hydrogen-bond acceptors (Lipinski definition) is 6. The Morgan fingerprint density at radius 1 is 0.980 bits per heavy atom. The third-order valence-corrected chi connectivity index (χ3v) is 14.9. The first kappa shape index (κ1) is 36.3. The van der Waals surface area contributed by atoms with Crippen LogP contribution in [-0.4, -0.2) is 32.3 Å². The first-order chi connectivity index (χ1) is 23.2. The van der Waals surface area contributed by atoms with Gasteiger partial charge in [-0.1, -0.05) is 108 Å². The van der Waals surface area contributed by atoms with E-state index >= 15 is 0 Å². The van der Waals surface area contributed by atoms with Crippen LogP contribution >= 0.6 is 0 Å². The predicted molar refractivity (Wildman–Crippen MR) is 192 cm³/mol. The van der Waals surface area contributed by atoms with Gasteiger partial charge in [0.25, 0.3) is 8.32 Å². The van der Waals surface area contributed by atoms with E-state index in [1.165, 1.54) is 12.1 Å². The van der Waals surface area contributed by atoms with E-state index in [0.29, 0.717) is 42.8 Å². The van der Waals surface area contributed by atoms with Crippen LogP contribution in [0.15, 0.2) is 102 Å². The summed E-state index contributed by atoms with van der Waals surface area (Å²) < 4.78 is 27.1. The number of cyclic esters (lactones) is 1. The summed E-state index contributed by atoms with van der Waals surface area (Å²) in [6, 6.07) is 25.2. The minimum atomic E-state index is -2.89. The third kappa shape index (κ3) is 8.08. The highest BCUT2D eigenvalue weighted by molar-refractivity contribution is 6.99. The summed E-state index contributed by atoms with van der Waals surface area (Å²) in [6.07, 6.45) is 5.09. The number of ether oxygens (including phenoxy) is 1. The Bertz CT molecular complexity index is 1650. The van der Waals surface area contributed by atoms with Gasteiger partial charge in [-0.3, -0.25) is 19.4 Å². The second kappa shape index (κ2) is 14.8. The van der Waals surface area contributed by atoms with Crippen LogP contribution in [0.4, 0.5) is 4.39 Å². The van der Waals surface area contributed by atoms with E-state index in [9.17, 15) is 14.0 Å². The van der Waals surface area contributed by atoms with Crippen molar-refractivity contribution in [1.82, 2.24) is 0 Å². The molecule has 0 aromatic heterocycles. The summed E-state index contributed by atoms with van der Waals surface area (Å²) in [7, 11) is -2.89. The molecule has 1 heterocycles. The van der Waals surface area contributed by atoms with E-state index in [-0.39, 0.29) is 41.1 Å². The Labute approximate surface area is 291 Å². The van der Waals surface area contributed by atoms with Crippen molar-refractivity contribution in [3.8, 4) is 5.75 Å². The molecule has 1 aliphatic heterocycles. The van der Waals surface area contributed by atoms with E-state index in [1.54, 1.807) is 13.0 Å². The number of rotatable bonds is 11. The van der Waals surface area contributed by atoms with E-state index in [2.05, 4.69) is 83.1 Å². The molecule has 3 aromatic carbocycles. The molecule has 260 valence electrons. The van der Waals surface area contributed by atoms with Gasteiger partial charge in [0.1, 0.15) is 17.7 Å². The largest absolute Gasteiger partial charge is 0.458 e. The van der Waals surface area contributed by atoms with Crippen molar-refractivity contribution in [2.45, 2.75) is 97.8 Å². The Hall–Kier alpha value is -4.01. The summed E-state index contributed by atoms with van der Waals surface area (Å²) in [6.45, 7) is 14.4. The molecule has 1 saturated heterocycles. The van der Waals surface area contributed by atoms with Gasteiger partial charge in [-0.15, -0.1) is 0 Å². The SMILES string of the molecule is CCC(=O)C1CC(OOc2ccc(F)c(C)c2)=C(C=C[C@H]2C[C@H](O[Si](c3ccccc3)(c3ccccc3)C(C)(C)C)CC(=O)O2)C(C)(C)C1. The highest BCUT2D eigenvalue weighted by Crippen LogP contribution is 2.45. The summed E-state index contributed by atoms with van der Waals surface area (Å²) in [5, 5.41) is 2.08. The van der Waals surface area contributed by atoms with Crippen molar-refractivity contribution in [3.63, 3.8) is 0 Å². The number of carbonyl (C=O) groups is 2. The Morgan fingerprint density at radius 3 is 2.18 bits per heavy atom. The maximum Gasteiger partial charge on any atom is 0.308 e. The molecule has 8 heteroatoms. The highest BCUT2D eigenvalue weighted by Gasteiger charge is 2.52. The van der Waals surface area contributed by atoms with Crippen molar-refractivity contribution in [3.05, 3.63) is 114 Å². The zero-order valence-corrected chi connectivity index (χ0v) is 30.8. The number of ketones is 1. The molecule has 0 spiro atoms. The first-order valence-electron chi connectivity index (χ1n) is 17.3. The molecule has 0 amide bonds. The van der Waals surface area contributed by atoms with Gasteiger partial charge < -0.3 is 9.16 Å². The van der Waals surface area contributed by atoms with Gasteiger partial charge in [-0.2, -0.15) is 0 Å². The number of Topliss-reactive ketones (excluding diaryl/α,β-unsaturated/α-hetero) is 1. The lowest BCUT2D eigenvalue weighted by Gasteiger charge is -2.46. The van der Waals surface area contributed by atoms with E-state index in [0.717, 1.165) is 15.9 Å². The average molecular weight is 685 g/mol. The molecule has 1 aliphatic carbocycles. The highest BCUT2D eigenvalue weighted by atomic mass is 28.4. The minimum absolute atomic E-state index is 0.166. The van der Waals surface area contributed by atoms with Crippen molar-refractivity contribution >= 4 is 30.4 Å². The lowest BCUT2D eigenvalue weighted by molar-refractivity contribution is -0.175. The smallest absolute Gasteiger partial charge is 0.308 e. The molecule has 49 heavy (non-hydrogen) atoms. The molecule has 6 nitrogen and oxygen atoms in total. The van der Waals surface area contributed by atoms with Gasteiger partial charge in [-0.25, -0.2) is 4.39 Å². The number of hydrogen-bond donors (Lipinski definition) is 0. The molecular weight excluding hydrogens is 636 g/mol. The Kier molecular flexibility index (Phi) is 11.0. The molecule has 3 atom stereocenters. The maximum absolute atomic E-state index is 13.9. The number of benzene rings is 3. The fraction of sp³-hybridized carbons (Fsp3) is 0.415. The van der Waals surface area contributed by atoms with Crippen LogP contribution < -0.4 is 15.3 Å². The van der Waals surface area contributed by atoms with Crippen LogP contribution in [0.25, 0.3) is 0 Å². The second-order valence-electron chi connectivity index (χ2n) is 15.0. The van der Waals surface area contributed by atoms with E-state index in [1.807, 2.05) is 31.2 Å². The number of aryl methyl sites for hydroxylation is 1. The summed E-state index contributed by atoms with van der Waals surface area (Å²) in [4.78, 5) is 37.7. The van der Waals surface area contributed by atoms with Crippen LogP contribution in [0, 0.1) is 24.1 Å². The van der Waals surface area contributed by atoms with Crippen molar-refractivity contribution < 1.29 is 32.9 Å². The molecule has 3 aromatic rings. The zero-order valence-electron chi connectivity index (χ0n) is 29.8. The molecule has 1 fully saturated rings. The van der Waals surface area contributed by atoms with Crippen LogP contribution in [-0.2, 0) is 23.6 Å². The van der Waals surface area contributed by atoms with Gasteiger partial charge in [0.2, 0.25) is 0 Å². The second-order valence-corrected chi connectivity index (χ2v) is 19.2. The lowest BCUT2D eigenvalue weighted by atomic mass is 9.69. The summed E-state index contributed by atoms with van der Waals surface area (Å²) in [5.41, 5.74) is 0.857. The molecule has 0 radical (unpaired) electrons. The fourth-order valence-corrected chi connectivity index (χ4v) is 12.0. The number of carbonyl (C=O) groups excluding carboxylic acids is 2. The Morgan fingerprint density at radius 2 is 1.61 bits per heavy atom. The fourth-order valence-electron chi connectivity index (χ4n) is 7.34. The van der Waals surface area contributed by atoms with Crippen molar-refractivity contribution in [2.24, 2.45) is 11.3 Å². The van der Waals surface area contributed by atoms with E-state index < -0.39 is 19.8 Å². The molecule has 1 unspecified atom stereocenters. The zero-order chi connectivity index (χ0) is 35.4. The standard InChI is InChI=1S/C41H49FO6Si/c1-8-37(43)29-24-38(47-46-31-20-22-36(42)28(2)23-31)35(41(6,7)27-29)21-19-30-25-32(26-39(44)45-30)48-49(40(3,4)5,33-15-11-9-12-16-33)34-17-13-10-14-18-34/h9-23,29-30,32H,8,24-27H2,1-7H3/t29?,30-,32-/m0/s1. The average Bonchev–Trinajstić information content (AvgIpc) is 3.06. The minimum Gasteiger partial charge on any atom is -0.458 e. The molecule has 2 aliphatic rings. The summed E-state index contributed by atoms with van der Waals surface area (Å²) in [5.74, 6) is 0.203. The molecule has 5 rings (SSSR count). The van der Waals surface area contributed by atoms with Gasteiger partial charge >= 0.3 is 5.97 Å². The predicted octanol–water partition coefficient (Wildman–Crippen LogP) is 8.32. The normalized spacial score (nSPS) is 21.4. The number of halogens is 1. The van der Waals surface area contributed by atoms with Crippen LogP contribution in [0.2, 0.25) is 5.04 Å². The molecule has 0 saturated carbocycles. The maximum atomic E-state index is 13.9. The summed E-state index contributed by atoms with van der Waals surface area (Å²) >= 11 is 0. The van der Waals surface area contributed by atoms with Gasteiger partial charge in [0, 0.05) is 30.8 Å². The first-order valence-corrected chi connectivity index (χ1v) is 19.2. The van der Waals surface area contributed by atoms with Crippen molar-refractivity contribution in [1.29, 1.82) is 0 Å². The molecule has 0 bridgehead atoms. The number of allylic oxidation sites excluding steroid dienone is 3. The van der Waals surface area contributed by atoms with Crippen LogP contribution in [0.3, 0.4) is 0 Å². The topological polar surface area (TPSA) is 71.1 Å². The third-order valence-electron chi connectivity index (χ3n) is 9.80. The molecular formula is C41H49FO6Si. The van der Waals surface area contributed by atoms with Crippen molar-refractivity contribution in [2.75, 3.05) is 0 Å². The van der Waals surface area contributed by atoms with E-state index in [4.69, 9.17) is 18.9 Å². The van der Waals surface area contributed by atoms with Gasteiger partial charge in [0.15, 0.2) is 11.5 Å². The van der Waals surface area contributed by atoms with Gasteiger partial charge in [-0.05, 0) is 64.0 Å².